The van der Waals surface area contributed by atoms with Crippen molar-refractivity contribution in [3.63, 3.8) is 0 Å². The zero-order chi connectivity index (χ0) is 15.2. The summed E-state index contributed by atoms with van der Waals surface area (Å²) in [6, 6.07) is 14.0. The molecule has 2 nitrogen and oxygen atoms in total. The minimum Gasteiger partial charge on any atom is -0.457 e. The molecule has 2 rings (SSSR count). The second-order valence-corrected chi connectivity index (χ2v) is 5.76. The average Bonchev–Trinajstić information content (AvgIpc) is 2.46. The van der Waals surface area contributed by atoms with Crippen LogP contribution in [0, 0.1) is 12.7 Å². The predicted molar refractivity (Wildman–Crippen MR) is 82.8 cm³/mol. The fourth-order valence-corrected chi connectivity index (χ4v) is 2.73. The van der Waals surface area contributed by atoms with E-state index in [1.165, 1.54) is 23.9 Å². The lowest BCUT2D eigenvalue weighted by Gasteiger charge is -2.13. The Morgan fingerprint density at radius 3 is 2.71 bits per heavy atom. The van der Waals surface area contributed by atoms with E-state index in [-0.39, 0.29) is 17.5 Å². The van der Waals surface area contributed by atoms with Gasteiger partial charge in [0.2, 0.25) is 0 Å². The van der Waals surface area contributed by atoms with Crippen molar-refractivity contribution in [3.8, 4) is 0 Å². The number of benzene rings is 2. The minimum absolute atomic E-state index is 0.241. The highest BCUT2D eigenvalue weighted by atomic mass is 32.2. The number of carbonyl (C=O) groups excluding carboxylic acids is 1. The number of esters is 1. The van der Waals surface area contributed by atoms with Crippen LogP contribution in [-0.2, 0) is 9.53 Å². The monoisotopic (exact) mass is 304 g/mol. The topological polar surface area (TPSA) is 26.3 Å². The number of aryl methyl sites for hydroxylation is 1. The van der Waals surface area contributed by atoms with Crippen molar-refractivity contribution >= 4 is 17.7 Å². The van der Waals surface area contributed by atoms with Crippen LogP contribution in [0.5, 0.6) is 0 Å². The number of hydrogen-bond donors (Lipinski definition) is 0. The van der Waals surface area contributed by atoms with Gasteiger partial charge >= 0.3 is 5.97 Å². The maximum atomic E-state index is 13.1. The Labute approximate surface area is 128 Å². The molecule has 2 aromatic rings. The van der Waals surface area contributed by atoms with Crippen molar-refractivity contribution in [2.24, 2.45) is 0 Å². The molecule has 0 unspecified atom stereocenters. The molecule has 1 atom stereocenters. The van der Waals surface area contributed by atoms with Crippen LogP contribution in [0.25, 0.3) is 0 Å². The number of rotatable bonds is 5. The smallest absolute Gasteiger partial charge is 0.316 e. The summed E-state index contributed by atoms with van der Waals surface area (Å²) in [4.78, 5) is 12.9. The third-order valence-electron chi connectivity index (χ3n) is 3.07. The van der Waals surface area contributed by atoms with Gasteiger partial charge in [0.25, 0.3) is 0 Å². The van der Waals surface area contributed by atoms with Crippen molar-refractivity contribution in [1.29, 1.82) is 0 Å². The van der Waals surface area contributed by atoms with Crippen LogP contribution in [0.15, 0.2) is 53.4 Å². The summed E-state index contributed by atoms with van der Waals surface area (Å²) in [5.74, 6) is -0.394. The van der Waals surface area contributed by atoms with E-state index in [1.807, 2.05) is 31.2 Å². The first-order valence-corrected chi connectivity index (χ1v) is 7.68. The normalized spacial score (nSPS) is 12.0. The summed E-state index contributed by atoms with van der Waals surface area (Å²) in [5.41, 5.74) is 1.79. The van der Waals surface area contributed by atoms with E-state index in [2.05, 4.69) is 0 Å². The van der Waals surface area contributed by atoms with Crippen LogP contribution in [-0.4, -0.2) is 11.7 Å². The van der Waals surface area contributed by atoms with Gasteiger partial charge in [-0.05, 0) is 43.2 Å². The van der Waals surface area contributed by atoms with Crippen LogP contribution >= 0.6 is 11.8 Å². The van der Waals surface area contributed by atoms with Crippen molar-refractivity contribution < 1.29 is 13.9 Å². The first-order valence-electron chi connectivity index (χ1n) is 6.69. The molecule has 0 amide bonds. The van der Waals surface area contributed by atoms with E-state index < -0.39 is 6.10 Å². The average molecular weight is 304 g/mol. The standard InChI is InChI=1S/C17H17FO2S/c1-12-6-3-4-9-16(12)21-11-17(19)20-13(2)14-7-5-8-15(18)10-14/h3-10,13H,11H2,1-2H3/t13-/m0/s1. The van der Waals surface area contributed by atoms with Crippen molar-refractivity contribution in [3.05, 3.63) is 65.5 Å². The lowest BCUT2D eigenvalue weighted by molar-refractivity contribution is -0.145. The largest absolute Gasteiger partial charge is 0.457 e. The molecule has 0 aromatic heterocycles. The highest BCUT2D eigenvalue weighted by Gasteiger charge is 2.13. The maximum absolute atomic E-state index is 13.1. The van der Waals surface area contributed by atoms with E-state index in [0.29, 0.717) is 5.56 Å². The molecule has 0 heterocycles. The molecular weight excluding hydrogens is 287 g/mol. The number of thioether (sulfide) groups is 1. The molecular formula is C17H17FO2S. The van der Waals surface area contributed by atoms with E-state index in [9.17, 15) is 9.18 Å². The van der Waals surface area contributed by atoms with Gasteiger partial charge < -0.3 is 4.74 Å². The van der Waals surface area contributed by atoms with Crippen LogP contribution in [0.4, 0.5) is 4.39 Å². The van der Waals surface area contributed by atoms with Gasteiger partial charge in [-0.25, -0.2) is 4.39 Å². The third kappa shape index (κ3) is 4.60. The summed E-state index contributed by atoms with van der Waals surface area (Å²) in [6.07, 6.45) is -0.453. The first-order chi connectivity index (χ1) is 10.1. The number of halogens is 1. The number of carbonyl (C=O) groups is 1. The lowest BCUT2D eigenvalue weighted by atomic mass is 10.1. The van der Waals surface area contributed by atoms with Gasteiger partial charge in [-0.15, -0.1) is 11.8 Å². The Kier molecular flexibility index (Phi) is 5.39. The van der Waals surface area contributed by atoms with E-state index in [0.717, 1.165) is 10.5 Å². The van der Waals surface area contributed by atoms with Gasteiger partial charge in [-0.3, -0.25) is 4.79 Å². The summed E-state index contributed by atoms with van der Waals surface area (Å²) in [6.45, 7) is 3.74. The quantitative estimate of drug-likeness (QED) is 0.599. The van der Waals surface area contributed by atoms with Crippen molar-refractivity contribution in [1.82, 2.24) is 0 Å². The van der Waals surface area contributed by atoms with E-state index >= 15 is 0 Å². The highest BCUT2D eigenvalue weighted by molar-refractivity contribution is 8.00. The predicted octanol–water partition coefficient (Wildman–Crippen LogP) is 4.53. The van der Waals surface area contributed by atoms with Crippen molar-refractivity contribution in [2.45, 2.75) is 24.8 Å². The molecule has 4 heteroatoms. The Bertz CT molecular complexity index is 628. The first kappa shape index (κ1) is 15.6. The van der Waals surface area contributed by atoms with Gasteiger partial charge in [-0.1, -0.05) is 30.3 Å². The Hall–Kier alpha value is -1.81. The second kappa shape index (κ2) is 7.27. The number of hydrogen-bond acceptors (Lipinski definition) is 3. The van der Waals surface area contributed by atoms with Crippen molar-refractivity contribution in [2.75, 3.05) is 5.75 Å². The summed E-state index contributed by atoms with van der Waals surface area (Å²) in [5, 5.41) is 0. The van der Waals surface area contributed by atoms with Gasteiger partial charge in [-0.2, -0.15) is 0 Å². The molecule has 21 heavy (non-hydrogen) atoms. The van der Waals surface area contributed by atoms with Crippen LogP contribution in [0.2, 0.25) is 0 Å². The molecule has 0 spiro atoms. The zero-order valence-corrected chi connectivity index (χ0v) is 12.8. The molecule has 0 saturated heterocycles. The summed E-state index contributed by atoms with van der Waals surface area (Å²) >= 11 is 1.45. The van der Waals surface area contributed by atoms with Crippen LogP contribution in [0.1, 0.15) is 24.2 Å². The van der Waals surface area contributed by atoms with Gasteiger partial charge in [0.1, 0.15) is 11.9 Å². The molecule has 0 aliphatic carbocycles. The van der Waals surface area contributed by atoms with E-state index in [1.54, 1.807) is 19.1 Å². The highest BCUT2D eigenvalue weighted by Crippen LogP contribution is 2.23. The molecule has 0 fully saturated rings. The third-order valence-corrected chi connectivity index (χ3v) is 4.21. The van der Waals surface area contributed by atoms with Gasteiger partial charge in [0.15, 0.2) is 0 Å². The zero-order valence-electron chi connectivity index (χ0n) is 12.0. The second-order valence-electron chi connectivity index (χ2n) is 4.74. The minimum atomic E-state index is -0.453. The molecule has 0 radical (unpaired) electrons. The van der Waals surface area contributed by atoms with E-state index in [4.69, 9.17) is 4.74 Å². The fourth-order valence-electron chi connectivity index (χ4n) is 1.91. The molecule has 0 aliphatic rings. The molecule has 0 bridgehead atoms. The van der Waals surface area contributed by atoms with Crippen LogP contribution in [0.3, 0.4) is 0 Å². The fraction of sp³-hybridized carbons (Fsp3) is 0.235. The molecule has 0 N–H and O–H groups in total. The maximum Gasteiger partial charge on any atom is 0.316 e. The SMILES string of the molecule is Cc1ccccc1SCC(=O)O[C@@H](C)c1cccc(F)c1. The molecule has 110 valence electrons. The van der Waals surface area contributed by atoms with Gasteiger partial charge in [0.05, 0.1) is 5.75 Å². The lowest BCUT2D eigenvalue weighted by Crippen LogP contribution is -2.11. The Morgan fingerprint density at radius 1 is 1.24 bits per heavy atom. The Morgan fingerprint density at radius 2 is 2.00 bits per heavy atom. The van der Waals surface area contributed by atoms with Crippen LogP contribution < -0.4 is 0 Å². The Balaban J connectivity index is 1.89. The summed E-state index contributed by atoms with van der Waals surface area (Å²) in [7, 11) is 0. The number of ether oxygens (including phenoxy) is 1. The summed E-state index contributed by atoms with van der Waals surface area (Å²) < 4.78 is 18.5. The molecule has 0 aliphatic heterocycles. The van der Waals surface area contributed by atoms with Gasteiger partial charge in [0, 0.05) is 4.90 Å². The molecule has 0 saturated carbocycles. The molecule has 2 aromatic carbocycles.